The third-order valence-corrected chi connectivity index (χ3v) is 4.46. The Morgan fingerprint density at radius 2 is 2.31 bits per heavy atom. The summed E-state index contributed by atoms with van der Waals surface area (Å²) in [5.74, 6) is -0.609. The predicted octanol–water partition coefficient (Wildman–Crippen LogP) is 1.91. The lowest BCUT2D eigenvalue weighted by atomic mass is 10.3. The van der Waals surface area contributed by atoms with E-state index in [4.69, 9.17) is 0 Å². The molecule has 0 bridgehead atoms. The molecule has 1 rings (SSSR count). The first-order chi connectivity index (χ1) is 7.56. The van der Waals surface area contributed by atoms with Crippen LogP contribution in [0.15, 0.2) is 33.9 Å². The minimum atomic E-state index is -3.69. The smallest absolute Gasteiger partial charge is 0.269 e. The van der Waals surface area contributed by atoms with Crippen molar-refractivity contribution in [2.75, 3.05) is 0 Å². The van der Waals surface area contributed by atoms with E-state index in [9.17, 15) is 13.2 Å². The molecule has 88 valence electrons. The second-order valence-electron chi connectivity index (χ2n) is 3.09. The first-order valence-corrected chi connectivity index (χ1v) is 7.19. The maximum absolute atomic E-state index is 11.6. The molecule has 0 fully saturated rings. The third-order valence-electron chi connectivity index (χ3n) is 1.72. The largest absolute Gasteiger partial charge is 0.273 e. The van der Waals surface area contributed by atoms with Crippen LogP contribution in [-0.2, 0) is 14.8 Å². The van der Waals surface area contributed by atoms with Gasteiger partial charge in [-0.05, 0) is 23.9 Å². The standard InChI is InChI=1S/C10H13NO3S2/c1-2-3-4-6-9(12)11-16(13,14)10-7-5-8-15-10/h4-8H,2-3H2,1H3,(H,11,12)/b6-4-. The molecule has 0 spiro atoms. The molecule has 0 atom stereocenters. The quantitative estimate of drug-likeness (QED) is 0.822. The molecule has 0 aliphatic rings. The number of nitrogens with one attached hydrogen (secondary N) is 1. The zero-order valence-electron chi connectivity index (χ0n) is 8.84. The Morgan fingerprint density at radius 3 is 2.88 bits per heavy atom. The van der Waals surface area contributed by atoms with E-state index < -0.39 is 15.9 Å². The summed E-state index contributed by atoms with van der Waals surface area (Å²) in [4.78, 5) is 11.3. The molecule has 0 radical (unpaired) electrons. The van der Waals surface area contributed by atoms with Gasteiger partial charge >= 0.3 is 0 Å². The van der Waals surface area contributed by atoms with Crippen LogP contribution in [0.1, 0.15) is 19.8 Å². The Hall–Kier alpha value is -1.14. The molecule has 1 amide bonds. The summed E-state index contributed by atoms with van der Waals surface area (Å²) in [5, 5.41) is 1.64. The molecule has 1 N–H and O–H groups in total. The summed E-state index contributed by atoms with van der Waals surface area (Å²) in [7, 11) is -3.69. The third kappa shape index (κ3) is 3.79. The number of amides is 1. The van der Waals surface area contributed by atoms with Gasteiger partial charge in [-0.3, -0.25) is 4.79 Å². The van der Waals surface area contributed by atoms with Gasteiger partial charge in [0.2, 0.25) is 0 Å². The van der Waals surface area contributed by atoms with Crippen molar-refractivity contribution in [3.8, 4) is 0 Å². The van der Waals surface area contributed by atoms with Crippen LogP contribution in [0.2, 0.25) is 0 Å². The van der Waals surface area contributed by atoms with Crippen molar-refractivity contribution >= 4 is 27.3 Å². The maximum atomic E-state index is 11.6. The van der Waals surface area contributed by atoms with E-state index in [0.29, 0.717) is 0 Å². The highest BCUT2D eigenvalue weighted by atomic mass is 32.2. The number of carbonyl (C=O) groups is 1. The fourth-order valence-corrected chi connectivity index (χ4v) is 2.93. The van der Waals surface area contributed by atoms with Crippen LogP contribution in [0.3, 0.4) is 0 Å². The van der Waals surface area contributed by atoms with E-state index in [2.05, 4.69) is 0 Å². The maximum Gasteiger partial charge on any atom is 0.273 e. The molecule has 1 aromatic heterocycles. The molecule has 1 heterocycles. The van der Waals surface area contributed by atoms with Crippen LogP contribution in [0.5, 0.6) is 0 Å². The molecule has 0 saturated carbocycles. The predicted molar refractivity (Wildman–Crippen MR) is 63.7 cm³/mol. The van der Waals surface area contributed by atoms with Gasteiger partial charge < -0.3 is 0 Å². The molecule has 1 aromatic rings. The summed E-state index contributed by atoms with van der Waals surface area (Å²) < 4.78 is 25.3. The van der Waals surface area contributed by atoms with Crippen molar-refractivity contribution in [2.24, 2.45) is 0 Å². The summed E-state index contributed by atoms with van der Waals surface area (Å²) in [5.41, 5.74) is 0. The van der Waals surface area contributed by atoms with E-state index in [-0.39, 0.29) is 4.21 Å². The summed E-state index contributed by atoms with van der Waals surface area (Å²) >= 11 is 1.07. The zero-order chi connectivity index (χ0) is 12.0. The molecule has 16 heavy (non-hydrogen) atoms. The second kappa shape index (κ2) is 5.81. The first kappa shape index (κ1) is 12.9. The van der Waals surface area contributed by atoms with Gasteiger partial charge in [0.05, 0.1) is 0 Å². The highest BCUT2D eigenvalue weighted by Crippen LogP contribution is 2.14. The van der Waals surface area contributed by atoms with Gasteiger partial charge in [-0.2, -0.15) is 0 Å². The van der Waals surface area contributed by atoms with E-state index in [1.54, 1.807) is 17.5 Å². The van der Waals surface area contributed by atoms with Crippen LogP contribution in [-0.4, -0.2) is 14.3 Å². The van der Waals surface area contributed by atoms with Gasteiger partial charge in [0.25, 0.3) is 15.9 Å². The molecular weight excluding hydrogens is 246 g/mol. The molecule has 0 aliphatic heterocycles. The highest BCUT2D eigenvalue weighted by Gasteiger charge is 2.16. The van der Waals surface area contributed by atoms with E-state index in [1.807, 2.05) is 11.6 Å². The fraction of sp³-hybridized carbons (Fsp3) is 0.300. The molecule has 0 unspecified atom stereocenters. The number of hydrogen-bond acceptors (Lipinski definition) is 4. The second-order valence-corrected chi connectivity index (χ2v) is 5.95. The van der Waals surface area contributed by atoms with Gasteiger partial charge in [0.1, 0.15) is 4.21 Å². The van der Waals surface area contributed by atoms with Crippen LogP contribution in [0, 0.1) is 0 Å². The summed E-state index contributed by atoms with van der Waals surface area (Å²) in [6, 6.07) is 3.08. The Bertz CT molecular complexity index is 460. The number of rotatable bonds is 5. The average Bonchev–Trinajstić information content (AvgIpc) is 2.70. The summed E-state index contributed by atoms with van der Waals surface area (Å²) in [6.07, 6.45) is 4.57. The van der Waals surface area contributed by atoms with Crippen LogP contribution >= 0.6 is 11.3 Å². The molecule has 0 saturated heterocycles. The molecular formula is C10H13NO3S2. The molecule has 0 aromatic carbocycles. The number of unbranched alkanes of at least 4 members (excludes halogenated alkanes) is 1. The number of hydrogen-bond donors (Lipinski definition) is 1. The topological polar surface area (TPSA) is 63.2 Å². The van der Waals surface area contributed by atoms with Crippen molar-refractivity contribution in [3.05, 3.63) is 29.7 Å². The van der Waals surface area contributed by atoms with Crippen molar-refractivity contribution < 1.29 is 13.2 Å². The minimum absolute atomic E-state index is 0.143. The van der Waals surface area contributed by atoms with Crippen molar-refractivity contribution in [2.45, 2.75) is 24.0 Å². The zero-order valence-corrected chi connectivity index (χ0v) is 10.5. The van der Waals surface area contributed by atoms with Gasteiger partial charge in [-0.15, -0.1) is 11.3 Å². The molecule has 6 heteroatoms. The Morgan fingerprint density at radius 1 is 1.56 bits per heavy atom. The fourth-order valence-electron chi connectivity index (χ4n) is 0.990. The number of carbonyl (C=O) groups excluding carboxylic acids is 1. The van der Waals surface area contributed by atoms with E-state index in [0.717, 1.165) is 24.2 Å². The van der Waals surface area contributed by atoms with Gasteiger partial charge in [0, 0.05) is 0 Å². The van der Waals surface area contributed by atoms with Crippen LogP contribution in [0.25, 0.3) is 0 Å². The lowest BCUT2D eigenvalue weighted by molar-refractivity contribution is -0.114. The van der Waals surface area contributed by atoms with Crippen LogP contribution < -0.4 is 4.72 Å². The van der Waals surface area contributed by atoms with Gasteiger partial charge in [-0.25, -0.2) is 13.1 Å². The lowest BCUT2D eigenvalue weighted by Crippen LogP contribution is -2.28. The van der Waals surface area contributed by atoms with Crippen molar-refractivity contribution in [1.82, 2.24) is 4.72 Å². The molecule has 0 aliphatic carbocycles. The summed E-state index contributed by atoms with van der Waals surface area (Å²) in [6.45, 7) is 1.98. The average molecular weight is 259 g/mol. The molecule has 4 nitrogen and oxygen atoms in total. The van der Waals surface area contributed by atoms with Crippen LogP contribution in [0.4, 0.5) is 0 Å². The van der Waals surface area contributed by atoms with Gasteiger partial charge in [-0.1, -0.05) is 25.5 Å². The van der Waals surface area contributed by atoms with Crippen molar-refractivity contribution in [1.29, 1.82) is 0 Å². The Kier molecular flexibility index (Phi) is 4.70. The van der Waals surface area contributed by atoms with E-state index in [1.165, 1.54) is 12.1 Å². The van der Waals surface area contributed by atoms with E-state index >= 15 is 0 Å². The highest BCUT2D eigenvalue weighted by molar-refractivity contribution is 7.92. The Balaban J connectivity index is 2.64. The number of sulfonamides is 1. The van der Waals surface area contributed by atoms with Crippen molar-refractivity contribution in [3.63, 3.8) is 0 Å². The first-order valence-electron chi connectivity index (χ1n) is 4.83. The number of thiophene rings is 1. The normalized spacial score (nSPS) is 11.8. The lowest BCUT2D eigenvalue weighted by Gasteiger charge is -2.00. The number of allylic oxidation sites excluding steroid dienone is 1. The Labute approximate surface area is 99.0 Å². The monoisotopic (exact) mass is 259 g/mol. The minimum Gasteiger partial charge on any atom is -0.269 e. The van der Waals surface area contributed by atoms with Gasteiger partial charge in [0.15, 0.2) is 0 Å². The SMILES string of the molecule is CCC/C=C\C(=O)NS(=O)(=O)c1cccs1.